The summed E-state index contributed by atoms with van der Waals surface area (Å²) < 4.78 is 0. The maximum atomic E-state index is 11.6. The van der Waals surface area contributed by atoms with E-state index in [-0.39, 0.29) is 30.6 Å². The Hall–Kier alpha value is -4.78. The monoisotopic (exact) mass is 544 g/mol. The summed E-state index contributed by atoms with van der Waals surface area (Å²) in [7, 11) is 0. The number of pyridine rings is 2. The van der Waals surface area contributed by atoms with E-state index in [1.807, 2.05) is 123 Å². The highest BCUT2D eigenvalue weighted by molar-refractivity contribution is 5.80. The van der Waals surface area contributed by atoms with E-state index in [0.29, 0.717) is 11.1 Å². The third kappa shape index (κ3) is 6.52. The zero-order valence-corrected chi connectivity index (χ0v) is 22.5. The predicted octanol–water partition coefficient (Wildman–Crippen LogP) is 6.41. The van der Waals surface area contributed by atoms with Crippen LogP contribution >= 0.6 is 0 Å². The van der Waals surface area contributed by atoms with Crippen molar-refractivity contribution in [3.8, 4) is 0 Å². The Bertz CT molecular complexity index is 1750. The minimum absolute atomic E-state index is 0. The van der Waals surface area contributed by atoms with Gasteiger partial charge in [0.15, 0.2) is 0 Å². The number of aryl methyl sites for hydroxylation is 2. The van der Waals surface area contributed by atoms with Crippen LogP contribution in [-0.4, -0.2) is 9.97 Å². The summed E-state index contributed by atoms with van der Waals surface area (Å²) in [5.41, 5.74) is 19.8. The van der Waals surface area contributed by atoms with Crippen molar-refractivity contribution in [2.75, 3.05) is 0 Å². The molecule has 0 aliphatic carbocycles. The average Bonchev–Trinajstić information content (AvgIpc) is 2.98. The van der Waals surface area contributed by atoms with Gasteiger partial charge in [-0.3, -0.25) is 9.59 Å². The lowest BCUT2D eigenvalue weighted by molar-refractivity contribution is 0.873. The van der Waals surface area contributed by atoms with Gasteiger partial charge in [0, 0.05) is 22.2 Å². The summed E-state index contributed by atoms with van der Waals surface area (Å²) in [6.45, 7) is 3.62. The molecule has 208 valence electrons. The first-order valence-corrected chi connectivity index (χ1v) is 13.2. The first-order valence-electron chi connectivity index (χ1n) is 13.2. The van der Waals surface area contributed by atoms with Gasteiger partial charge in [-0.2, -0.15) is 0 Å². The summed E-state index contributed by atoms with van der Waals surface area (Å²) in [6.07, 6.45) is 0. The van der Waals surface area contributed by atoms with Gasteiger partial charge in [0.2, 0.25) is 0 Å². The number of aromatic nitrogens is 2. The highest BCUT2D eigenvalue weighted by Gasteiger charge is 2.11. The van der Waals surface area contributed by atoms with Crippen molar-refractivity contribution in [3.05, 3.63) is 163 Å². The molecule has 6 nitrogen and oxygen atoms in total. The summed E-state index contributed by atoms with van der Waals surface area (Å²) in [4.78, 5) is 28.9. The van der Waals surface area contributed by atoms with Gasteiger partial charge in [0.1, 0.15) is 0 Å². The van der Waals surface area contributed by atoms with Crippen LogP contribution in [0.5, 0.6) is 0 Å². The second kappa shape index (κ2) is 12.6. The largest absolute Gasteiger partial charge is 0.322 e. The summed E-state index contributed by atoms with van der Waals surface area (Å²) in [5.74, 6) is 0. The summed E-state index contributed by atoms with van der Waals surface area (Å²) in [6, 6.07) is 35.3. The summed E-state index contributed by atoms with van der Waals surface area (Å²) >= 11 is 0. The molecule has 4 aromatic carbocycles. The molecule has 6 aromatic rings. The SMILES string of the molecule is C.Cc1cc2cc(C(N)c3ccccc3)ccc2[nH]c1=O.Cc1cc2cc(C(N)c3ccccc3)ccc2[nH]c1=O. The van der Waals surface area contributed by atoms with E-state index >= 15 is 0 Å². The number of nitrogens with one attached hydrogen (secondary N) is 2. The Morgan fingerprint density at radius 1 is 0.512 bits per heavy atom. The third-order valence-corrected chi connectivity index (χ3v) is 7.14. The molecule has 2 atom stereocenters. The van der Waals surface area contributed by atoms with E-state index in [1.54, 1.807) is 0 Å². The molecule has 0 saturated carbocycles. The molecule has 2 aromatic heterocycles. The highest BCUT2D eigenvalue weighted by atomic mass is 16.1. The molecule has 0 fully saturated rings. The molecule has 2 heterocycles. The van der Waals surface area contributed by atoms with Crippen LogP contribution in [0.3, 0.4) is 0 Å². The lowest BCUT2D eigenvalue weighted by Gasteiger charge is -2.13. The average molecular weight is 545 g/mol. The first-order chi connectivity index (χ1) is 19.3. The molecule has 0 spiro atoms. The van der Waals surface area contributed by atoms with Crippen LogP contribution in [0.1, 0.15) is 52.9 Å². The Morgan fingerprint density at radius 3 is 1.24 bits per heavy atom. The molecular formula is C35H36N4O2. The van der Waals surface area contributed by atoms with Gasteiger partial charge in [-0.15, -0.1) is 0 Å². The fourth-order valence-electron chi connectivity index (χ4n) is 4.76. The van der Waals surface area contributed by atoms with E-state index in [0.717, 1.165) is 44.1 Å². The Labute approximate surface area is 239 Å². The van der Waals surface area contributed by atoms with Crippen LogP contribution in [0.25, 0.3) is 21.8 Å². The minimum Gasteiger partial charge on any atom is -0.322 e. The maximum Gasteiger partial charge on any atom is 0.251 e. The molecule has 6 N–H and O–H groups in total. The quantitative estimate of drug-likeness (QED) is 0.205. The van der Waals surface area contributed by atoms with Crippen molar-refractivity contribution < 1.29 is 0 Å². The Kier molecular flexibility index (Phi) is 8.97. The van der Waals surface area contributed by atoms with Crippen molar-refractivity contribution in [3.63, 3.8) is 0 Å². The molecule has 0 aliphatic rings. The van der Waals surface area contributed by atoms with Crippen molar-refractivity contribution in [2.24, 2.45) is 11.5 Å². The fourth-order valence-corrected chi connectivity index (χ4v) is 4.76. The van der Waals surface area contributed by atoms with Gasteiger partial charge in [0.25, 0.3) is 11.1 Å². The van der Waals surface area contributed by atoms with Crippen LogP contribution in [0.2, 0.25) is 0 Å². The third-order valence-electron chi connectivity index (χ3n) is 7.14. The number of benzene rings is 4. The van der Waals surface area contributed by atoms with Crippen molar-refractivity contribution >= 4 is 21.8 Å². The second-order valence-corrected chi connectivity index (χ2v) is 10.0. The standard InChI is InChI=1S/2C17H16N2O.CH4/c2*1-11-9-14-10-13(7-8-15(14)19-17(11)20)16(18)12-5-3-2-4-6-12;/h2*2-10,16H,18H2,1H3,(H,19,20);1H4. The van der Waals surface area contributed by atoms with Gasteiger partial charge in [-0.25, -0.2) is 0 Å². The number of fused-ring (bicyclic) bond motifs is 2. The van der Waals surface area contributed by atoms with E-state index in [2.05, 4.69) is 9.97 Å². The van der Waals surface area contributed by atoms with Crippen LogP contribution in [-0.2, 0) is 0 Å². The van der Waals surface area contributed by atoms with Crippen LogP contribution < -0.4 is 22.6 Å². The van der Waals surface area contributed by atoms with Gasteiger partial charge in [-0.1, -0.05) is 80.2 Å². The molecule has 0 aliphatic heterocycles. The molecule has 0 bridgehead atoms. The van der Waals surface area contributed by atoms with Crippen LogP contribution in [0.4, 0.5) is 0 Å². The predicted molar refractivity (Wildman–Crippen MR) is 170 cm³/mol. The molecule has 0 saturated heterocycles. The Morgan fingerprint density at radius 2 is 0.878 bits per heavy atom. The summed E-state index contributed by atoms with van der Waals surface area (Å²) in [5, 5.41) is 2.01. The second-order valence-electron chi connectivity index (χ2n) is 10.0. The number of hydrogen-bond donors (Lipinski definition) is 4. The lowest BCUT2D eigenvalue weighted by Crippen LogP contribution is -2.12. The zero-order valence-electron chi connectivity index (χ0n) is 22.5. The molecular weight excluding hydrogens is 508 g/mol. The number of rotatable bonds is 4. The zero-order chi connectivity index (χ0) is 28.2. The van der Waals surface area contributed by atoms with Gasteiger partial charge >= 0.3 is 0 Å². The fraction of sp³-hybridized carbons (Fsp3) is 0.143. The molecule has 0 radical (unpaired) electrons. The molecule has 2 unspecified atom stereocenters. The van der Waals surface area contributed by atoms with Crippen LogP contribution in [0, 0.1) is 13.8 Å². The van der Waals surface area contributed by atoms with Gasteiger partial charge < -0.3 is 21.4 Å². The lowest BCUT2D eigenvalue weighted by atomic mass is 9.98. The van der Waals surface area contributed by atoms with Crippen molar-refractivity contribution in [1.82, 2.24) is 9.97 Å². The number of aromatic amines is 2. The maximum absolute atomic E-state index is 11.6. The number of H-pyrrole nitrogens is 2. The highest BCUT2D eigenvalue weighted by Crippen LogP contribution is 2.24. The molecule has 41 heavy (non-hydrogen) atoms. The van der Waals surface area contributed by atoms with E-state index in [4.69, 9.17) is 11.5 Å². The topological polar surface area (TPSA) is 118 Å². The van der Waals surface area contributed by atoms with Crippen molar-refractivity contribution in [1.29, 1.82) is 0 Å². The molecule has 6 heteroatoms. The first kappa shape index (κ1) is 29.2. The Balaban J connectivity index is 0.000000184. The number of hydrogen-bond acceptors (Lipinski definition) is 4. The van der Waals surface area contributed by atoms with E-state index in [9.17, 15) is 9.59 Å². The number of nitrogens with two attached hydrogens (primary N) is 2. The van der Waals surface area contributed by atoms with Gasteiger partial charge in [-0.05, 0) is 83.3 Å². The molecule has 6 rings (SSSR count). The van der Waals surface area contributed by atoms with E-state index in [1.165, 1.54) is 0 Å². The molecule has 0 amide bonds. The minimum atomic E-state index is -0.159. The van der Waals surface area contributed by atoms with E-state index < -0.39 is 0 Å². The normalized spacial score (nSPS) is 12.2. The van der Waals surface area contributed by atoms with Gasteiger partial charge in [0.05, 0.1) is 12.1 Å². The van der Waals surface area contributed by atoms with Crippen LogP contribution in [0.15, 0.2) is 119 Å². The van der Waals surface area contributed by atoms with Crippen molar-refractivity contribution in [2.45, 2.75) is 33.4 Å². The smallest absolute Gasteiger partial charge is 0.251 e.